The molecule has 0 bridgehead atoms. The fourth-order valence-corrected chi connectivity index (χ4v) is 2.27. The van der Waals surface area contributed by atoms with Gasteiger partial charge in [-0.3, -0.25) is 0 Å². The highest BCUT2D eigenvalue weighted by Crippen LogP contribution is 2.22. The Labute approximate surface area is 111 Å². The van der Waals surface area contributed by atoms with Crippen LogP contribution in [0.15, 0.2) is 0 Å². The SMILES string of the molecule is CN(C)CC[C@H]1CCCCN1C(=O)OC(C)(C)C. The summed E-state index contributed by atoms with van der Waals surface area (Å²) in [4.78, 5) is 16.3. The number of ether oxygens (including phenoxy) is 1. The predicted octanol–water partition coefficient (Wildman–Crippen LogP) is 2.73. The second kappa shape index (κ2) is 6.41. The van der Waals surface area contributed by atoms with Gasteiger partial charge in [0, 0.05) is 12.6 Å². The summed E-state index contributed by atoms with van der Waals surface area (Å²) in [6, 6.07) is 0.344. The molecule has 106 valence electrons. The number of rotatable bonds is 3. The first kappa shape index (κ1) is 15.3. The number of amides is 1. The zero-order valence-corrected chi connectivity index (χ0v) is 12.5. The van der Waals surface area contributed by atoms with Crippen LogP contribution in [0.5, 0.6) is 0 Å². The molecule has 0 unspecified atom stereocenters. The Morgan fingerprint density at radius 1 is 1.33 bits per heavy atom. The highest BCUT2D eigenvalue weighted by molar-refractivity contribution is 5.68. The van der Waals surface area contributed by atoms with E-state index in [9.17, 15) is 4.79 Å². The molecule has 1 rings (SSSR count). The number of likely N-dealkylation sites (tertiary alicyclic amines) is 1. The Morgan fingerprint density at radius 2 is 2.00 bits per heavy atom. The Bertz CT molecular complexity index is 271. The van der Waals surface area contributed by atoms with Crippen LogP contribution in [0, 0.1) is 0 Å². The number of hydrogen-bond donors (Lipinski definition) is 0. The molecule has 0 spiro atoms. The number of nitrogens with zero attached hydrogens (tertiary/aromatic N) is 2. The molecular formula is C14H28N2O2. The summed E-state index contributed by atoms with van der Waals surface area (Å²) in [5, 5.41) is 0. The molecule has 18 heavy (non-hydrogen) atoms. The maximum Gasteiger partial charge on any atom is 0.410 e. The van der Waals surface area contributed by atoms with Crippen LogP contribution >= 0.6 is 0 Å². The van der Waals surface area contributed by atoms with E-state index in [4.69, 9.17) is 4.74 Å². The van der Waals surface area contributed by atoms with Crippen molar-refractivity contribution in [1.29, 1.82) is 0 Å². The standard InChI is InChI=1S/C14H28N2O2/c1-14(2,3)18-13(17)16-10-7-6-8-12(16)9-11-15(4)5/h12H,6-11H2,1-5H3/t12-/m1/s1. The number of carbonyl (C=O) groups excluding carboxylic acids is 1. The monoisotopic (exact) mass is 256 g/mol. The van der Waals surface area contributed by atoms with Crippen molar-refractivity contribution in [3.05, 3.63) is 0 Å². The molecule has 0 saturated carbocycles. The van der Waals surface area contributed by atoms with Crippen molar-refractivity contribution in [2.45, 2.75) is 58.1 Å². The lowest BCUT2D eigenvalue weighted by Crippen LogP contribution is -2.47. The van der Waals surface area contributed by atoms with Crippen LogP contribution in [0.1, 0.15) is 46.5 Å². The normalized spacial score (nSPS) is 21.2. The molecule has 4 nitrogen and oxygen atoms in total. The summed E-state index contributed by atoms with van der Waals surface area (Å²) in [5.41, 5.74) is -0.402. The lowest BCUT2D eigenvalue weighted by atomic mass is 10.00. The maximum atomic E-state index is 12.2. The van der Waals surface area contributed by atoms with E-state index in [1.165, 1.54) is 6.42 Å². The van der Waals surface area contributed by atoms with E-state index in [1.807, 2.05) is 25.7 Å². The predicted molar refractivity (Wildman–Crippen MR) is 73.8 cm³/mol. The third kappa shape index (κ3) is 5.25. The zero-order chi connectivity index (χ0) is 13.8. The Balaban J connectivity index is 2.55. The van der Waals surface area contributed by atoms with Crippen molar-refractivity contribution in [2.24, 2.45) is 0 Å². The second-order valence-corrected chi connectivity index (χ2v) is 6.42. The average molecular weight is 256 g/mol. The number of piperidine rings is 1. The molecule has 4 heteroatoms. The van der Waals surface area contributed by atoms with Gasteiger partial charge >= 0.3 is 6.09 Å². The molecule has 1 aliphatic rings. The van der Waals surface area contributed by atoms with E-state index in [-0.39, 0.29) is 6.09 Å². The first-order valence-corrected chi connectivity index (χ1v) is 6.94. The van der Waals surface area contributed by atoms with Gasteiger partial charge in [-0.15, -0.1) is 0 Å². The summed E-state index contributed by atoms with van der Waals surface area (Å²) >= 11 is 0. The molecule has 1 saturated heterocycles. The van der Waals surface area contributed by atoms with E-state index in [2.05, 4.69) is 19.0 Å². The fraction of sp³-hybridized carbons (Fsp3) is 0.929. The van der Waals surface area contributed by atoms with Gasteiger partial charge in [0.05, 0.1) is 0 Å². The molecular weight excluding hydrogens is 228 g/mol. The number of carbonyl (C=O) groups is 1. The van der Waals surface area contributed by atoms with Crippen LogP contribution in [0.2, 0.25) is 0 Å². The topological polar surface area (TPSA) is 32.8 Å². The largest absolute Gasteiger partial charge is 0.444 e. The van der Waals surface area contributed by atoms with Crippen molar-refractivity contribution in [3.8, 4) is 0 Å². The van der Waals surface area contributed by atoms with E-state index in [0.717, 1.165) is 32.4 Å². The molecule has 0 aromatic rings. The van der Waals surface area contributed by atoms with Crippen LogP contribution in [0.3, 0.4) is 0 Å². The molecule has 1 heterocycles. The van der Waals surface area contributed by atoms with Gasteiger partial charge in [-0.05, 0) is 67.1 Å². The van der Waals surface area contributed by atoms with Crippen LogP contribution < -0.4 is 0 Å². The quantitative estimate of drug-likeness (QED) is 0.778. The summed E-state index contributed by atoms with van der Waals surface area (Å²) in [7, 11) is 4.14. The Hall–Kier alpha value is -0.770. The van der Waals surface area contributed by atoms with Crippen LogP contribution in [0.4, 0.5) is 4.79 Å². The first-order chi connectivity index (χ1) is 8.29. The first-order valence-electron chi connectivity index (χ1n) is 6.94. The third-order valence-electron chi connectivity index (χ3n) is 3.16. The molecule has 0 radical (unpaired) electrons. The van der Waals surface area contributed by atoms with Crippen molar-refractivity contribution >= 4 is 6.09 Å². The minimum atomic E-state index is -0.402. The molecule has 0 aromatic heterocycles. The van der Waals surface area contributed by atoms with Crippen LogP contribution in [0.25, 0.3) is 0 Å². The minimum Gasteiger partial charge on any atom is -0.444 e. The van der Waals surface area contributed by atoms with Gasteiger partial charge in [0.25, 0.3) is 0 Å². The summed E-state index contributed by atoms with van der Waals surface area (Å²) in [5.74, 6) is 0. The summed E-state index contributed by atoms with van der Waals surface area (Å²) in [6.07, 6.45) is 4.31. The van der Waals surface area contributed by atoms with E-state index in [0.29, 0.717) is 6.04 Å². The van der Waals surface area contributed by atoms with Gasteiger partial charge in [-0.2, -0.15) is 0 Å². The van der Waals surface area contributed by atoms with E-state index >= 15 is 0 Å². The lowest BCUT2D eigenvalue weighted by Gasteiger charge is -2.37. The molecule has 0 aromatic carbocycles. The van der Waals surface area contributed by atoms with Crippen LogP contribution in [-0.4, -0.2) is 54.7 Å². The van der Waals surface area contributed by atoms with Crippen LogP contribution in [-0.2, 0) is 4.74 Å². The highest BCUT2D eigenvalue weighted by atomic mass is 16.6. The van der Waals surface area contributed by atoms with E-state index < -0.39 is 5.60 Å². The van der Waals surface area contributed by atoms with Gasteiger partial charge in [-0.1, -0.05) is 0 Å². The zero-order valence-electron chi connectivity index (χ0n) is 12.5. The average Bonchev–Trinajstić information content (AvgIpc) is 2.24. The van der Waals surface area contributed by atoms with Crippen molar-refractivity contribution in [3.63, 3.8) is 0 Å². The van der Waals surface area contributed by atoms with Gasteiger partial charge in [0.1, 0.15) is 5.60 Å². The minimum absolute atomic E-state index is 0.147. The molecule has 1 aliphatic heterocycles. The van der Waals surface area contributed by atoms with Crippen molar-refractivity contribution in [2.75, 3.05) is 27.2 Å². The smallest absolute Gasteiger partial charge is 0.410 e. The van der Waals surface area contributed by atoms with E-state index in [1.54, 1.807) is 0 Å². The molecule has 1 atom stereocenters. The third-order valence-corrected chi connectivity index (χ3v) is 3.16. The molecule has 0 N–H and O–H groups in total. The molecule has 0 aliphatic carbocycles. The Kier molecular flexibility index (Phi) is 5.45. The van der Waals surface area contributed by atoms with Gasteiger partial charge in [0.2, 0.25) is 0 Å². The summed E-state index contributed by atoms with van der Waals surface area (Å²) < 4.78 is 5.49. The van der Waals surface area contributed by atoms with Gasteiger partial charge < -0.3 is 14.5 Å². The van der Waals surface area contributed by atoms with Crippen molar-refractivity contribution in [1.82, 2.24) is 9.80 Å². The molecule has 1 fully saturated rings. The Morgan fingerprint density at radius 3 is 2.56 bits per heavy atom. The van der Waals surface area contributed by atoms with Gasteiger partial charge in [-0.25, -0.2) is 4.79 Å². The molecule has 1 amide bonds. The fourth-order valence-electron chi connectivity index (χ4n) is 2.27. The van der Waals surface area contributed by atoms with Gasteiger partial charge in [0.15, 0.2) is 0 Å². The highest BCUT2D eigenvalue weighted by Gasteiger charge is 2.30. The second-order valence-electron chi connectivity index (χ2n) is 6.42. The summed E-state index contributed by atoms with van der Waals surface area (Å²) in [6.45, 7) is 7.62. The lowest BCUT2D eigenvalue weighted by molar-refractivity contribution is 0.00816. The van der Waals surface area contributed by atoms with Crippen molar-refractivity contribution < 1.29 is 9.53 Å². The number of hydrogen-bond acceptors (Lipinski definition) is 3. The maximum absolute atomic E-state index is 12.2.